The molecule has 0 fully saturated rings. The number of esters is 2. The highest BCUT2D eigenvalue weighted by molar-refractivity contribution is 6.30. The van der Waals surface area contributed by atoms with Crippen LogP contribution in [0.25, 0.3) is 0 Å². The van der Waals surface area contributed by atoms with Gasteiger partial charge in [-0.3, -0.25) is 9.59 Å². The first-order chi connectivity index (χ1) is 18.8. The predicted octanol–water partition coefficient (Wildman–Crippen LogP) is 5.80. The van der Waals surface area contributed by atoms with E-state index in [0.717, 1.165) is 17.1 Å². The molecule has 2 aliphatic rings. The summed E-state index contributed by atoms with van der Waals surface area (Å²) in [4.78, 5) is 39.2. The van der Waals surface area contributed by atoms with Gasteiger partial charge in [0.1, 0.15) is 5.92 Å². The second-order valence-corrected chi connectivity index (χ2v) is 9.93. The second kappa shape index (κ2) is 10.8. The molecule has 0 aromatic heterocycles. The van der Waals surface area contributed by atoms with Gasteiger partial charge in [-0.1, -0.05) is 36.7 Å². The van der Waals surface area contributed by atoms with Crippen LogP contribution in [0.5, 0.6) is 11.5 Å². The van der Waals surface area contributed by atoms with Gasteiger partial charge >= 0.3 is 11.9 Å². The summed E-state index contributed by atoms with van der Waals surface area (Å²) < 4.78 is 16.2. The van der Waals surface area contributed by atoms with Crippen molar-refractivity contribution < 1.29 is 28.6 Å². The number of Topliss-reactive ketones (excluding diaryl/α,β-unsaturated/α-hetero) is 1. The molecule has 0 saturated heterocycles. The van der Waals surface area contributed by atoms with E-state index in [9.17, 15) is 14.4 Å². The van der Waals surface area contributed by atoms with Gasteiger partial charge in [-0.2, -0.15) is 0 Å². The summed E-state index contributed by atoms with van der Waals surface area (Å²) in [5.41, 5.74) is 3.84. The van der Waals surface area contributed by atoms with Crippen LogP contribution in [0.15, 0.2) is 78.0 Å². The molecule has 9 heteroatoms. The number of nitrogens with one attached hydrogen (secondary N) is 2. The zero-order chi connectivity index (χ0) is 27.7. The van der Waals surface area contributed by atoms with E-state index in [0.29, 0.717) is 33.9 Å². The third kappa shape index (κ3) is 5.07. The van der Waals surface area contributed by atoms with Crippen molar-refractivity contribution in [2.24, 2.45) is 11.8 Å². The molecule has 0 spiro atoms. The number of carbonyl (C=O) groups excluding carboxylic acids is 3. The smallest absolute Gasteiger partial charge is 0.343 e. The zero-order valence-electron chi connectivity index (χ0n) is 21.6. The van der Waals surface area contributed by atoms with Crippen molar-refractivity contribution in [1.82, 2.24) is 0 Å². The van der Waals surface area contributed by atoms with Gasteiger partial charge in [0.2, 0.25) is 0 Å². The molecule has 0 bridgehead atoms. The summed E-state index contributed by atoms with van der Waals surface area (Å²) in [6, 6.07) is 18.5. The summed E-state index contributed by atoms with van der Waals surface area (Å²) in [7, 11) is 2.76. The second-order valence-electron chi connectivity index (χ2n) is 9.49. The quantitative estimate of drug-likeness (QED) is 0.235. The van der Waals surface area contributed by atoms with E-state index in [1.54, 1.807) is 42.5 Å². The van der Waals surface area contributed by atoms with Gasteiger partial charge in [0, 0.05) is 16.3 Å². The fraction of sp³-hybridized carbons (Fsp3) is 0.233. The standard InChI is InChI=1S/C30H27ClN2O6/c1-16-14-22-26(28(34)25(16)30(36)38-3)27(33-21-7-5-4-6-20(21)32-22)18-10-13-23(24(15-18)37-2)39-29(35)17-8-11-19(31)12-9-17/h4-13,15-16,25,27,32-33H,14H2,1-3H3/t16-,25+,27-/m0/s1. The Morgan fingerprint density at radius 3 is 2.36 bits per heavy atom. The molecule has 3 atom stereocenters. The number of rotatable bonds is 5. The fourth-order valence-electron chi connectivity index (χ4n) is 5.08. The average Bonchev–Trinajstić information content (AvgIpc) is 3.10. The van der Waals surface area contributed by atoms with Gasteiger partial charge in [-0.15, -0.1) is 0 Å². The maximum absolute atomic E-state index is 13.9. The molecule has 1 heterocycles. The number of carbonyl (C=O) groups is 3. The molecule has 2 N–H and O–H groups in total. The molecule has 0 saturated carbocycles. The Morgan fingerprint density at radius 1 is 0.949 bits per heavy atom. The number of fused-ring (bicyclic) bond motifs is 1. The first-order valence-electron chi connectivity index (χ1n) is 12.4. The lowest BCUT2D eigenvalue weighted by Crippen LogP contribution is -2.39. The van der Waals surface area contributed by atoms with Crippen LogP contribution in [0.1, 0.15) is 35.3 Å². The van der Waals surface area contributed by atoms with Crippen LogP contribution in [-0.4, -0.2) is 31.9 Å². The van der Waals surface area contributed by atoms with Gasteiger partial charge in [0.05, 0.1) is 37.2 Å². The molecule has 1 aliphatic heterocycles. The lowest BCUT2D eigenvalue weighted by Gasteiger charge is -2.32. The topological polar surface area (TPSA) is 103 Å². The van der Waals surface area contributed by atoms with E-state index in [1.807, 2.05) is 31.2 Å². The van der Waals surface area contributed by atoms with Crippen LogP contribution in [0.2, 0.25) is 5.02 Å². The SMILES string of the molecule is COC(=O)[C@H]1C(=O)C2=C(C[C@@H]1C)Nc1ccccc1N[C@H]2c1ccc(OC(=O)c2ccc(Cl)cc2)c(OC)c1. The number of anilines is 2. The van der Waals surface area contributed by atoms with E-state index >= 15 is 0 Å². The summed E-state index contributed by atoms with van der Waals surface area (Å²) in [5, 5.41) is 7.40. The first-order valence-corrected chi connectivity index (χ1v) is 12.8. The van der Waals surface area contributed by atoms with Crippen molar-refractivity contribution in [3.05, 3.63) is 94.1 Å². The minimum absolute atomic E-state index is 0.221. The number of ketones is 1. The van der Waals surface area contributed by atoms with Gasteiger partial charge in [-0.05, 0) is 66.4 Å². The fourth-order valence-corrected chi connectivity index (χ4v) is 5.20. The van der Waals surface area contributed by atoms with Crippen LogP contribution in [0, 0.1) is 11.8 Å². The van der Waals surface area contributed by atoms with Gasteiger partial charge in [0.25, 0.3) is 0 Å². The van der Waals surface area contributed by atoms with E-state index in [4.69, 9.17) is 25.8 Å². The molecule has 0 amide bonds. The molecule has 0 unspecified atom stereocenters. The maximum Gasteiger partial charge on any atom is 0.343 e. The number of halogens is 1. The zero-order valence-corrected chi connectivity index (χ0v) is 22.4. The predicted molar refractivity (Wildman–Crippen MR) is 147 cm³/mol. The minimum Gasteiger partial charge on any atom is -0.493 e. The van der Waals surface area contributed by atoms with Crippen LogP contribution in [-0.2, 0) is 14.3 Å². The number of benzene rings is 3. The van der Waals surface area contributed by atoms with Gasteiger partial charge in [-0.25, -0.2) is 4.79 Å². The molecule has 5 rings (SSSR count). The summed E-state index contributed by atoms with van der Waals surface area (Å²) in [6.45, 7) is 1.87. The molecule has 3 aromatic rings. The number of hydrogen-bond donors (Lipinski definition) is 2. The van der Waals surface area contributed by atoms with Crippen LogP contribution in [0.3, 0.4) is 0 Å². The number of ether oxygens (including phenoxy) is 3. The maximum atomic E-state index is 13.9. The van der Waals surface area contributed by atoms with Crippen molar-refractivity contribution in [2.45, 2.75) is 19.4 Å². The van der Waals surface area contributed by atoms with E-state index < -0.39 is 23.9 Å². The minimum atomic E-state index is -0.914. The highest BCUT2D eigenvalue weighted by atomic mass is 35.5. The van der Waals surface area contributed by atoms with E-state index in [1.165, 1.54) is 14.2 Å². The summed E-state index contributed by atoms with van der Waals surface area (Å²) >= 11 is 5.92. The van der Waals surface area contributed by atoms with E-state index in [-0.39, 0.29) is 17.5 Å². The molecule has 39 heavy (non-hydrogen) atoms. The van der Waals surface area contributed by atoms with Crippen molar-refractivity contribution in [1.29, 1.82) is 0 Å². The highest BCUT2D eigenvalue weighted by Gasteiger charge is 2.44. The normalized spacial score (nSPS) is 20.0. The van der Waals surface area contributed by atoms with E-state index in [2.05, 4.69) is 10.6 Å². The summed E-state index contributed by atoms with van der Waals surface area (Å²) in [5.74, 6) is -2.05. The number of hydrogen-bond acceptors (Lipinski definition) is 8. The lowest BCUT2D eigenvalue weighted by atomic mass is 9.75. The van der Waals surface area contributed by atoms with Crippen molar-refractivity contribution in [2.75, 3.05) is 24.9 Å². The molecule has 8 nitrogen and oxygen atoms in total. The Labute approximate surface area is 230 Å². The largest absolute Gasteiger partial charge is 0.493 e. The first kappa shape index (κ1) is 26.3. The average molecular weight is 547 g/mol. The Morgan fingerprint density at radius 2 is 1.67 bits per heavy atom. The number of allylic oxidation sites excluding steroid dienone is 1. The van der Waals surface area contributed by atoms with Crippen molar-refractivity contribution >= 4 is 40.7 Å². The molecule has 3 aromatic carbocycles. The Hall–Kier alpha value is -4.30. The summed E-state index contributed by atoms with van der Waals surface area (Å²) in [6.07, 6.45) is 0.487. The molecule has 1 aliphatic carbocycles. The van der Waals surface area contributed by atoms with Gasteiger partial charge in [0.15, 0.2) is 17.3 Å². The van der Waals surface area contributed by atoms with Crippen LogP contribution >= 0.6 is 11.6 Å². The molecule has 200 valence electrons. The molecular weight excluding hydrogens is 520 g/mol. The lowest BCUT2D eigenvalue weighted by molar-refractivity contribution is -0.151. The number of methoxy groups -OCH3 is 2. The Bertz CT molecular complexity index is 1480. The highest BCUT2D eigenvalue weighted by Crippen LogP contribution is 2.45. The Balaban J connectivity index is 1.55. The monoisotopic (exact) mass is 546 g/mol. The Kier molecular flexibility index (Phi) is 7.30. The third-order valence-corrected chi connectivity index (χ3v) is 7.28. The van der Waals surface area contributed by atoms with Crippen LogP contribution in [0.4, 0.5) is 11.4 Å². The van der Waals surface area contributed by atoms with Crippen LogP contribution < -0.4 is 20.1 Å². The molecule has 0 radical (unpaired) electrons. The number of para-hydroxylation sites is 2. The van der Waals surface area contributed by atoms with Crippen molar-refractivity contribution in [3.63, 3.8) is 0 Å². The van der Waals surface area contributed by atoms with Gasteiger partial charge < -0.3 is 24.8 Å². The third-order valence-electron chi connectivity index (χ3n) is 7.03. The van der Waals surface area contributed by atoms with Crippen molar-refractivity contribution in [3.8, 4) is 11.5 Å². The molecular formula is C30H27ClN2O6.